The molecule has 0 saturated heterocycles. The molecule has 0 aliphatic heterocycles. The fourth-order valence-corrected chi connectivity index (χ4v) is 2.86. The molecule has 5 N–H and O–H groups in total. The number of hydrogen-bond acceptors (Lipinski definition) is 6. The van der Waals surface area contributed by atoms with Crippen LogP contribution in [0.25, 0.3) is 0 Å². The van der Waals surface area contributed by atoms with Crippen LogP contribution < -0.4 is 5.23 Å². The van der Waals surface area contributed by atoms with E-state index in [2.05, 4.69) is 4.98 Å². The fraction of sp³-hybridized carbons (Fsp3) is 0.684. The summed E-state index contributed by atoms with van der Waals surface area (Å²) in [6, 6.07) is 1.46. The maximum absolute atomic E-state index is 10.8. The topological polar surface area (TPSA) is 123 Å². The number of nitrogens with zero attached hydrogens (tertiary/aromatic N) is 1. The van der Waals surface area contributed by atoms with Crippen molar-refractivity contribution in [3.63, 3.8) is 0 Å². The van der Waals surface area contributed by atoms with Crippen molar-refractivity contribution in [1.82, 2.24) is 4.98 Å². The van der Waals surface area contributed by atoms with E-state index >= 15 is 0 Å². The largest absolute Gasteiger partial charge is 0.732 e. The number of hydrogen-bond donors (Lipinski definition) is 5. The molecule has 156 valence electrons. The number of aliphatic hydroxyl groups excluding tert-OH is 2. The Balaban J connectivity index is 2.48. The number of nitrogens with one attached hydrogen (secondary N) is 1. The molecule has 0 saturated carbocycles. The van der Waals surface area contributed by atoms with Gasteiger partial charge in [0.1, 0.15) is 5.82 Å². The van der Waals surface area contributed by atoms with Crippen LogP contribution in [0, 0.1) is 5.21 Å². The third kappa shape index (κ3) is 8.21. The third-order valence-electron chi connectivity index (χ3n) is 4.81. The normalized spacial score (nSPS) is 17.5. The third-order valence-corrected chi connectivity index (χ3v) is 5.25. The van der Waals surface area contributed by atoms with E-state index in [9.17, 15) is 20.5 Å². The Labute approximate surface area is 165 Å². The molecule has 0 radical (unpaired) electrons. The molecule has 0 fully saturated rings. The second-order valence-electron chi connectivity index (χ2n) is 7.96. The Morgan fingerprint density at radius 2 is 1.96 bits per heavy atom. The maximum atomic E-state index is 10.8. The number of anilines is 1. The van der Waals surface area contributed by atoms with Crippen molar-refractivity contribution in [1.29, 1.82) is 0 Å². The first-order valence-corrected chi connectivity index (χ1v) is 9.47. The molecule has 0 amide bonds. The molecule has 0 aromatic carbocycles. The van der Waals surface area contributed by atoms with Crippen LogP contribution in [0.5, 0.6) is 0 Å². The van der Waals surface area contributed by atoms with Gasteiger partial charge in [-0.15, -0.1) is 11.6 Å². The first-order valence-electron chi connectivity index (χ1n) is 9.09. The summed E-state index contributed by atoms with van der Waals surface area (Å²) in [4.78, 5) is 1.77. The summed E-state index contributed by atoms with van der Waals surface area (Å²) in [6.07, 6.45) is 4.59. The lowest BCUT2D eigenvalue weighted by Gasteiger charge is -2.28. The summed E-state index contributed by atoms with van der Waals surface area (Å²) in [7, 11) is 0. The quantitative estimate of drug-likeness (QED) is 0.219. The van der Waals surface area contributed by atoms with E-state index in [4.69, 9.17) is 16.8 Å². The SMILES string of the molecule is CC(=CCC[C@@](C)(Cl)[C@H](O)Cc1c[nH]c(N([O-])O)c1)CC[C@@H](O)C(C)(C)O. The maximum Gasteiger partial charge on any atom is 0.119 e. The van der Waals surface area contributed by atoms with Gasteiger partial charge in [0, 0.05) is 12.6 Å². The monoisotopic (exact) mass is 403 g/mol. The smallest absolute Gasteiger partial charge is 0.119 e. The van der Waals surface area contributed by atoms with Gasteiger partial charge >= 0.3 is 0 Å². The molecule has 0 unspecified atom stereocenters. The van der Waals surface area contributed by atoms with Gasteiger partial charge in [-0.25, -0.2) is 0 Å². The zero-order chi connectivity index (χ0) is 20.8. The first-order chi connectivity index (χ1) is 12.3. The van der Waals surface area contributed by atoms with E-state index in [0.717, 1.165) is 5.57 Å². The van der Waals surface area contributed by atoms with E-state index in [0.29, 0.717) is 31.2 Å². The molecule has 3 atom stereocenters. The molecule has 0 spiro atoms. The highest BCUT2D eigenvalue weighted by atomic mass is 35.5. The lowest BCUT2D eigenvalue weighted by atomic mass is 9.92. The van der Waals surface area contributed by atoms with Crippen LogP contribution in [-0.4, -0.2) is 48.2 Å². The summed E-state index contributed by atoms with van der Waals surface area (Å²) in [5.74, 6) is 0.000257. The molecule has 0 bridgehead atoms. The second-order valence-corrected chi connectivity index (χ2v) is 8.82. The summed E-state index contributed by atoms with van der Waals surface area (Å²) in [6.45, 7) is 6.89. The minimum absolute atomic E-state index is 0.000257. The van der Waals surface area contributed by atoms with Crippen LogP contribution in [-0.2, 0) is 6.42 Å². The van der Waals surface area contributed by atoms with E-state index in [-0.39, 0.29) is 17.5 Å². The van der Waals surface area contributed by atoms with Crippen LogP contribution in [0.3, 0.4) is 0 Å². The van der Waals surface area contributed by atoms with Crippen LogP contribution in [0.1, 0.15) is 58.9 Å². The van der Waals surface area contributed by atoms with Crippen molar-refractivity contribution in [2.24, 2.45) is 0 Å². The van der Waals surface area contributed by atoms with Crippen molar-refractivity contribution in [3.05, 3.63) is 34.7 Å². The molecule has 8 heteroatoms. The van der Waals surface area contributed by atoms with Crippen LogP contribution in [0.15, 0.2) is 23.9 Å². The second kappa shape index (κ2) is 9.91. The Bertz CT molecular complexity index is 607. The molecule has 1 heterocycles. The summed E-state index contributed by atoms with van der Waals surface area (Å²) >= 11 is 6.49. The molecule has 1 aromatic rings. The van der Waals surface area contributed by atoms with Gasteiger partial charge in [0.15, 0.2) is 0 Å². The van der Waals surface area contributed by atoms with E-state index in [1.54, 1.807) is 27.0 Å². The average molecular weight is 404 g/mol. The number of H-pyrrole nitrogens is 1. The summed E-state index contributed by atoms with van der Waals surface area (Å²) in [5, 5.41) is 49.4. The molecular weight excluding hydrogens is 372 g/mol. The molecular formula is C19H32ClN2O5-. The molecule has 0 aliphatic rings. The number of aromatic amines is 1. The molecule has 1 rings (SSSR count). The molecule has 1 aromatic heterocycles. The average Bonchev–Trinajstić information content (AvgIpc) is 3.00. The van der Waals surface area contributed by atoms with Crippen molar-refractivity contribution in [3.8, 4) is 0 Å². The minimum Gasteiger partial charge on any atom is -0.732 e. The standard InChI is InChI=1S/C19H32ClN2O5/c1-13(7-8-15(23)18(2,3)25)6-5-9-19(4,20)16(24)10-14-11-17(21-12-14)22(26)27/h6,11-12,15-16,21,23-26H,5,7-10H2,1-4H3/q-1/t15-,16-,19-/m1/s1. The van der Waals surface area contributed by atoms with Crippen molar-refractivity contribution in [2.45, 2.75) is 82.5 Å². The van der Waals surface area contributed by atoms with Gasteiger partial charge in [-0.1, -0.05) is 11.6 Å². The van der Waals surface area contributed by atoms with Gasteiger partial charge in [0.2, 0.25) is 0 Å². The predicted octanol–water partition coefficient (Wildman–Crippen LogP) is 3.25. The van der Waals surface area contributed by atoms with Crippen molar-refractivity contribution in [2.75, 3.05) is 5.23 Å². The molecule has 27 heavy (non-hydrogen) atoms. The van der Waals surface area contributed by atoms with Crippen LogP contribution in [0.4, 0.5) is 5.82 Å². The van der Waals surface area contributed by atoms with E-state index in [1.165, 1.54) is 6.07 Å². The fourth-order valence-electron chi connectivity index (χ4n) is 2.68. The van der Waals surface area contributed by atoms with Crippen molar-refractivity contribution < 1.29 is 20.5 Å². The molecule has 7 nitrogen and oxygen atoms in total. The lowest BCUT2D eigenvalue weighted by molar-refractivity contribution is -0.0509. The Morgan fingerprint density at radius 3 is 2.48 bits per heavy atom. The minimum atomic E-state index is -1.11. The summed E-state index contributed by atoms with van der Waals surface area (Å²) < 4.78 is 0. The zero-order valence-electron chi connectivity index (χ0n) is 16.4. The number of aromatic nitrogens is 1. The van der Waals surface area contributed by atoms with Crippen LogP contribution >= 0.6 is 11.6 Å². The first kappa shape index (κ1) is 23.9. The number of aliphatic hydroxyl groups is 3. The van der Waals surface area contributed by atoms with E-state index in [1.807, 2.05) is 13.0 Å². The highest BCUT2D eigenvalue weighted by molar-refractivity contribution is 6.24. The van der Waals surface area contributed by atoms with Crippen molar-refractivity contribution >= 4 is 17.4 Å². The Kier molecular flexibility index (Phi) is 8.79. The number of alkyl halides is 1. The van der Waals surface area contributed by atoms with Gasteiger partial charge < -0.3 is 30.7 Å². The van der Waals surface area contributed by atoms with Crippen LogP contribution in [0.2, 0.25) is 0 Å². The summed E-state index contributed by atoms with van der Waals surface area (Å²) in [5.41, 5.74) is 0.650. The van der Waals surface area contributed by atoms with Gasteiger partial charge in [-0.3, -0.25) is 5.21 Å². The van der Waals surface area contributed by atoms with Gasteiger partial charge in [-0.2, -0.15) is 0 Å². The molecule has 0 aliphatic carbocycles. The van der Waals surface area contributed by atoms with Gasteiger partial charge in [0.25, 0.3) is 0 Å². The lowest BCUT2D eigenvalue weighted by Crippen LogP contribution is -2.35. The number of rotatable bonds is 11. The van der Waals surface area contributed by atoms with E-state index < -0.39 is 22.7 Å². The van der Waals surface area contributed by atoms with Gasteiger partial charge in [0.05, 0.1) is 22.7 Å². The predicted molar refractivity (Wildman–Crippen MR) is 107 cm³/mol. The number of allylic oxidation sites excluding steroid dienone is 2. The zero-order valence-corrected chi connectivity index (χ0v) is 17.2. The Hall–Kier alpha value is -1.09. The highest BCUT2D eigenvalue weighted by Gasteiger charge is 2.30. The Morgan fingerprint density at radius 1 is 1.33 bits per heavy atom. The number of halogens is 1. The highest BCUT2D eigenvalue weighted by Crippen LogP contribution is 2.29. The van der Waals surface area contributed by atoms with Gasteiger partial charge in [-0.05, 0) is 65.0 Å².